The summed E-state index contributed by atoms with van der Waals surface area (Å²) in [4.78, 5) is 13.9. The lowest BCUT2D eigenvalue weighted by Gasteiger charge is -2.34. The highest BCUT2D eigenvalue weighted by atomic mass is 19.1. The second kappa shape index (κ2) is 5.99. The Hall–Kier alpha value is -1.66. The SMILES string of the molecule is COc1ccc(F)cc1C(=O)N1CCOCC1CO. The predicted molar refractivity (Wildman–Crippen MR) is 65.7 cm³/mol. The molecule has 0 aliphatic carbocycles. The molecule has 0 bridgehead atoms. The largest absolute Gasteiger partial charge is 0.496 e. The van der Waals surface area contributed by atoms with Crippen molar-refractivity contribution in [2.75, 3.05) is 33.5 Å². The first-order chi connectivity index (χ1) is 9.17. The van der Waals surface area contributed by atoms with Crippen molar-refractivity contribution in [2.24, 2.45) is 0 Å². The summed E-state index contributed by atoms with van der Waals surface area (Å²) in [5, 5.41) is 9.26. The molecule has 0 radical (unpaired) electrons. The van der Waals surface area contributed by atoms with Gasteiger partial charge in [-0.2, -0.15) is 0 Å². The van der Waals surface area contributed by atoms with Crippen LogP contribution in [0, 0.1) is 5.82 Å². The highest BCUT2D eigenvalue weighted by molar-refractivity contribution is 5.97. The van der Waals surface area contributed by atoms with E-state index in [1.54, 1.807) is 0 Å². The van der Waals surface area contributed by atoms with Gasteiger partial charge in [0.15, 0.2) is 0 Å². The summed E-state index contributed by atoms with van der Waals surface area (Å²) in [5.74, 6) is -0.550. The standard InChI is InChI=1S/C13H16FNO4/c1-18-12-3-2-9(14)6-11(12)13(17)15-4-5-19-8-10(15)7-16/h2-3,6,10,16H,4-5,7-8H2,1H3. The molecule has 6 heteroatoms. The summed E-state index contributed by atoms with van der Waals surface area (Å²) in [5.41, 5.74) is 0.155. The summed E-state index contributed by atoms with van der Waals surface area (Å²) in [6.45, 7) is 0.854. The molecule has 1 aliphatic heterocycles. The number of nitrogens with zero attached hydrogens (tertiary/aromatic N) is 1. The fraction of sp³-hybridized carbons (Fsp3) is 0.462. The van der Waals surface area contributed by atoms with Crippen molar-refractivity contribution in [3.05, 3.63) is 29.6 Å². The van der Waals surface area contributed by atoms with Gasteiger partial charge in [-0.1, -0.05) is 0 Å². The summed E-state index contributed by atoms with van der Waals surface area (Å²) in [6.07, 6.45) is 0. The van der Waals surface area contributed by atoms with Gasteiger partial charge in [0.05, 0.1) is 38.5 Å². The number of ether oxygens (including phenoxy) is 2. The third kappa shape index (κ3) is 2.85. The third-order valence-corrected chi connectivity index (χ3v) is 3.09. The summed E-state index contributed by atoms with van der Waals surface area (Å²) in [7, 11) is 1.42. The lowest BCUT2D eigenvalue weighted by atomic mass is 10.1. The van der Waals surface area contributed by atoms with Gasteiger partial charge in [-0.05, 0) is 18.2 Å². The van der Waals surface area contributed by atoms with E-state index in [-0.39, 0.29) is 24.7 Å². The first kappa shape index (κ1) is 13.8. The molecular weight excluding hydrogens is 253 g/mol. The Bertz CT molecular complexity index is 466. The molecular formula is C13H16FNO4. The van der Waals surface area contributed by atoms with Crippen LogP contribution >= 0.6 is 0 Å². The van der Waals surface area contributed by atoms with Gasteiger partial charge in [0.25, 0.3) is 5.91 Å². The van der Waals surface area contributed by atoms with Crippen LogP contribution in [0.2, 0.25) is 0 Å². The highest BCUT2D eigenvalue weighted by Crippen LogP contribution is 2.22. The van der Waals surface area contributed by atoms with Crippen molar-refractivity contribution in [3.63, 3.8) is 0 Å². The van der Waals surface area contributed by atoms with Crippen LogP contribution in [0.4, 0.5) is 4.39 Å². The van der Waals surface area contributed by atoms with E-state index in [1.807, 2.05) is 0 Å². The van der Waals surface area contributed by atoms with Crippen LogP contribution in [0.3, 0.4) is 0 Å². The van der Waals surface area contributed by atoms with E-state index < -0.39 is 11.9 Å². The molecule has 1 aromatic rings. The topological polar surface area (TPSA) is 59.0 Å². The van der Waals surface area contributed by atoms with Crippen molar-refractivity contribution in [1.29, 1.82) is 0 Å². The van der Waals surface area contributed by atoms with E-state index in [0.717, 1.165) is 6.07 Å². The molecule has 1 atom stereocenters. The number of halogens is 1. The van der Waals surface area contributed by atoms with Gasteiger partial charge >= 0.3 is 0 Å². The number of amides is 1. The maximum atomic E-state index is 13.3. The predicted octanol–water partition coefficient (Wildman–Crippen LogP) is 0.668. The zero-order chi connectivity index (χ0) is 13.8. The van der Waals surface area contributed by atoms with E-state index in [9.17, 15) is 14.3 Å². The van der Waals surface area contributed by atoms with Gasteiger partial charge in [0.2, 0.25) is 0 Å². The van der Waals surface area contributed by atoms with Crippen LogP contribution in [-0.4, -0.2) is 55.4 Å². The van der Waals surface area contributed by atoms with Crippen molar-refractivity contribution in [3.8, 4) is 5.75 Å². The van der Waals surface area contributed by atoms with E-state index in [4.69, 9.17) is 9.47 Å². The number of carbonyl (C=O) groups is 1. The molecule has 1 fully saturated rings. The summed E-state index contributed by atoms with van der Waals surface area (Å²) >= 11 is 0. The van der Waals surface area contributed by atoms with Crippen LogP contribution in [0.5, 0.6) is 5.75 Å². The molecule has 5 nitrogen and oxygen atoms in total. The van der Waals surface area contributed by atoms with E-state index in [2.05, 4.69) is 0 Å². The average molecular weight is 269 g/mol. The smallest absolute Gasteiger partial charge is 0.258 e. The van der Waals surface area contributed by atoms with Gasteiger partial charge in [-0.15, -0.1) is 0 Å². The Kier molecular flexibility index (Phi) is 4.34. The van der Waals surface area contributed by atoms with Gasteiger partial charge in [0.1, 0.15) is 11.6 Å². The minimum absolute atomic E-state index is 0.155. The molecule has 1 amide bonds. The first-order valence-corrected chi connectivity index (χ1v) is 6.00. The number of hydrogen-bond donors (Lipinski definition) is 1. The number of morpholine rings is 1. The van der Waals surface area contributed by atoms with Gasteiger partial charge in [-0.25, -0.2) is 4.39 Å². The molecule has 0 spiro atoms. The Morgan fingerprint density at radius 1 is 1.63 bits per heavy atom. The van der Waals surface area contributed by atoms with Crippen molar-refractivity contribution in [1.82, 2.24) is 4.90 Å². The quantitative estimate of drug-likeness (QED) is 0.876. The van der Waals surface area contributed by atoms with Gasteiger partial charge in [0, 0.05) is 6.54 Å². The molecule has 1 saturated heterocycles. The van der Waals surface area contributed by atoms with Gasteiger partial charge < -0.3 is 19.5 Å². The summed E-state index contributed by atoms with van der Waals surface area (Å²) < 4.78 is 23.6. The van der Waals surface area contributed by atoms with Gasteiger partial charge in [-0.3, -0.25) is 4.79 Å². The molecule has 2 rings (SSSR count). The molecule has 0 saturated carbocycles. The molecule has 19 heavy (non-hydrogen) atoms. The molecule has 0 aromatic heterocycles. The van der Waals surface area contributed by atoms with E-state index in [0.29, 0.717) is 18.9 Å². The number of methoxy groups -OCH3 is 1. The number of hydrogen-bond acceptors (Lipinski definition) is 4. The monoisotopic (exact) mass is 269 g/mol. The Morgan fingerprint density at radius 3 is 3.11 bits per heavy atom. The fourth-order valence-electron chi connectivity index (χ4n) is 2.08. The number of aliphatic hydroxyl groups excluding tert-OH is 1. The van der Waals surface area contributed by atoms with E-state index >= 15 is 0 Å². The second-order valence-electron chi connectivity index (χ2n) is 4.25. The van der Waals surface area contributed by atoms with Crippen LogP contribution in [-0.2, 0) is 4.74 Å². The second-order valence-corrected chi connectivity index (χ2v) is 4.25. The maximum absolute atomic E-state index is 13.3. The number of aliphatic hydroxyl groups is 1. The van der Waals surface area contributed by atoms with Crippen LogP contribution < -0.4 is 4.74 Å². The fourth-order valence-corrected chi connectivity index (χ4v) is 2.08. The first-order valence-electron chi connectivity index (χ1n) is 6.00. The normalized spacial score (nSPS) is 19.3. The zero-order valence-corrected chi connectivity index (χ0v) is 10.6. The Morgan fingerprint density at radius 2 is 2.42 bits per heavy atom. The Labute approximate surface area is 110 Å². The average Bonchev–Trinajstić information content (AvgIpc) is 2.46. The van der Waals surface area contributed by atoms with E-state index in [1.165, 1.54) is 24.1 Å². The molecule has 1 heterocycles. The number of benzene rings is 1. The lowest BCUT2D eigenvalue weighted by molar-refractivity contribution is -0.0185. The highest BCUT2D eigenvalue weighted by Gasteiger charge is 2.29. The summed E-state index contributed by atoms with van der Waals surface area (Å²) in [6, 6.07) is 3.38. The molecule has 1 N–H and O–H groups in total. The number of rotatable bonds is 3. The van der Waals surface area contributed by atoms with Crippen LogP contribution in [0.1, 0.15) is 10.4 Å². The van der Waals surface area contributed by atoms with Crippen molar-refractivity contribution in [2.45, 2.75) is 6.04 Å². The van der Waals surface area contributed by atoms with Crippen LogP contribution in [0.15, 0.2) is 18.2 Å². The third-order valence-electron chi connectivity index (χ3n) is 3.09. The number of carbonyl (C=O) groups excluding carboxylic acids is 1. The lowest BCUT2D eigenvalue weighted by Crippen LogP contribution is -2.50. The zero-order valence-electron chi connectivity index (χ0n) is 10.6. The van der Waals surface area contributed by atoms with Crippen LogP contribution in [0.25, 0.3) is 0 Å². The maximum Gasteiger partial charge on any atom is 0.258 e. The Balaban J connectivity index is 2.29. The molecule has 1 aliphatic rings. The molecule has 1 aromatic carbocycles. The molecule has 1 unspecified atom stereocenters. The minimum atomic E-state index is -0.502. The minimum Gasteiger partial charge on any atom is -0.496 e. The van der Waals surface area contributed by atoms with Crippen molar-refractivity contribution < 1.29 is 23.8 Å². The van der Waals surface area contributed by atoms with Crippen molar-refractivity contribution >= 4 is 5.91 Å². The molecule has 104 valence electrons.